The Morgan fingerprint density at radius 2 is 2.21 bits per heavy atom. The molecule has 0 spiro atoms. The molecular formula is C11H18O3. The van der Waals surface area contributed by atoms with Crippen molar-refractivity contribution < 1.29 is 14.6 Å². The van der Waals surface area contributed by atoms with E-state index in [-0.39, 0.29) is 29.5 Å². The number of esters is 1. The van der Waals surface area contributed by atoms with E-state index >= 15 is 0 Å². The van der Waals surface area contributed by atoms with Crippen molar-refractivity contribution in [3.05, 3.63) is 0 Å². The van der Waals surface area contributed by atoms with Crippen molar-refractivity contribution in [1.29, 1.82) is 0 Å². The molecule has 0 radical (unpaired) electrons. The maximum atomic E-state index is 11.8. The minimum Gasteiger partial charge on any atom is -0.459 e. The van der Waals surface area contributed by atoms with Crippen LogP contribution in [0.5, 0.6) is 0 Å². The van der Waals surface area contributed by atoms with E-state index in [9.17, 15) is 4.79 Å². The fourth-order valence-corrected chi connectivity index (χ4v) is 3.28. The number of aliphatic hydroxyl groups is 1. The monoisotopic (exact) mass is 198 g/mol. The second-order valence-corrected chi connectivity index (χ2v) is 5.04. The molecule has 14 heavy (non-hydrogen) atoms. The number of carbonyl (C=O) groups is 1. The van der Waals surface area contributed by atoms with E-state index in [1.54, 1.807) is 0 Å². The maximum absolute atomic E-state index is 11.8. The van der Waals surface area contributed by atoms with Gasteiger partial charge < -0.3 is 9.84 Å². The van der Waals surface area contributed by atoms with Gasteiger partial charge in [0.2, 0.25) is 0 Å². The predicted octanol–water partition coefficient (Wildman–Crippen LogP) is 1.49. The predicted molar refractivity (Wildman–Crippen MR) is 51.6 cm³/mol. The Morgan fingerprint density at radius 3 is 2.79 bits per heavy atom. The van der Waals surface area contributed by atoms with Gasteiger partial charge in [-0.2, -0.15) is 0 Å². The normalized spacial score (nSPS) is 46.5. The van der Waals surface area contributed by atoms with Gasteiger partial charge in [0.25, 0.3) is 0 Å². The van der Waals surface area contributed by atoms with Gasteiger partial charge in [-0.15, -0.1) is 0 Å². The minimum absolute atomic E-state index is 0.0593. The molecule has 2 bridgehead atoms. The van der Waals surface area contributed by atoms with Gasteiger partial charge >= 0.3 is 5.97 Å². The highest BCUT2D eigenvalue weighted by Gasteiger charge is 2.61. The van der Waals surface area contributed by atoms with Crippen LogP contribution < -0.4 is 0 Å². The summed E-state index contributed by atoms with van der Waals surface area (Å²) >= 11 is 0. The highest BCUT2D eigenvalue weighted by atomic mass is 16.6. The third kappa shape index (κ3) is 1.11. The van der Waals surface area contributed by atoms with Crippen LogP contribution in [-0.2, 0) is 9.53 Å². The van der Waals surface area contributed by atoms with Crippen LogP contribution >= 0.6 is 0 Å². The summed E-state index contributed by atoms with van der Waals surface area (Å²) < 4.78 is 5.49. The van der Waals surface area contributed by atoms with Crippen LogP contribution in [0.3, 0.4) is 0 Å². The molecule has 3 heteroatoms. The standard InChI is InChI=1S/C11H18O3/c1-10-5-3-6-11(2,14-9(10)13)8(10)4-7-12/h8,12H,3-7H2,1-2H3/t8-,10+,11-/m1/s1. The third-order valence-electron chi connectivity index (χ3n) is 4.09. The summed E-state index contributed by atoms with van der Waals surface area (Å²) in [6.07, 6.45) is 3.59. The van der Waals surface area contributed by atoms with Crippen molar-refractivity contribution in [2.24, 2.45) is 11.3 Å². The van der Waals surface area contributed by atoms with Crippen LogP contribution in [0.4, 0.5) is 0 Å². The summed E-state index contributed by atoms with van der Waals surface area (Å²) in [6, 6.07) is 0. The average Bonchev–Trinajstić information content (AvgIpc) is 2.23. The molecule has 80 valence electrons. The van der Waals surface area contributed by atoms with Gasteiger partial charge in [-0.25, -0.2) is 0 Å². The van der Waals surface area contributed by atoms with Gasteiger partial charge in [-0.3, -0.25) is 4.79 Å². The fraction of sp³-hybridized carbons (Fsp3) is 0.909. The molecule has 1 heterocycles. The molecular weight excluding hydrogens is 180 g/mol. The summed E-state index contributed by atoms with van der Waals surface area (Å²) in [5, 5.41) is 9.03. The molecule has 1 aliphatic carbocycles. The molecule has 0 aromatic rings. The van der Waals surface area contributed by atoms with E-state index in [4.69, 9.17) is 9.84 Å². The van der Waals surface area contributed by atoms with Gasteiger partial charge in [0.05, 0.1) is 5.41 Å². The first kappa shape index (κ1) is 9.97. The summed E-state index contributed by atoms with van der Waals surface area (Å²) in [5.41, 5.74) is -0.650. The zero-order valence-corrected chi connectivity index (χ0v) is 8.88. The largest absolute Gasteiger partial charge is 0.459 e. The number of hydrogen-bond acceptors (Lipinski definition) is 3. The topological polar surface area (TPSA) is 46.5 Å². The number of carbonyl (C=O) groups excluding carboxylic acids is 1. The van der Waals surface area contributed by atoms with Crippen LogP contribution in [-0.4, -0.2) is 23.3 Å². The number of rotatable bonds is 2. The number of ether oxygens (including phenoxy) is 1. The molecule has 2 rings (SSSR count). The van der Waals surface area contributed by atoms with Crippen molar-refractivity contribution >= 4 is 5.97 Å². The van der Waals surface area contributed by atoms with E-state index in [0.717, 1.165) is 19.3 Å². The van der Waals surface area contributed by atoms with E-state index < -0.39 is 0 Å². The van der Waals surface area contributed by atoms with E-state index in [1.807, 2.05) is 13.8 Å². The molecule has 2 fully saturated rings. The maximum Gasteiger partial charge on any atom is 0.312 e. The van der Waals surface area contributed by atoms with Crippen LogP contribution in [0.1, 0.15) is 39.5 Å². The van der Waals surface area contributed by atoms with Crippen molar-refractivity contribution in [2.75, 3.05) is 6.61 Å². The molecule has 0 amide bonds. The number of fused-ring (bicyclic) bond motifs is 2. The molecule has 1 N–H and O–H groups in total. The lowest BCUT2D eigenvalue weighted by atomic mass is 9.62. The second kappa shape index (κ2) is 2.96. The summed E-state index contributed by atoms with van der Waals surface area (Å²) in [7, 11) is 0. The molecule has 3 nitrogen and oxygen atoms in total. The van der Waals surface area contributed by atoms with E-state index in [0.29, 0.717) is 6.42 Å². The molecule has 1 saturated carbocycles. The van der Waals surface area contributed by atoms with Gasteiger partial charge in [-0.1, -0.05) is 0 Å². The summed E-state index contributed by atoms with van der Waals surface area (Å²) in [6.45, 7) is 4.14. The SMILES string of the molecule is C[C@]12CCC[C@](C)(C(=O)O1)[C@H]2CCO. The third-order valence-corrected chi connectivity index (χ3v) is 4.09. The lowest BCUT2D eigenvalue weighted by Gasteiger charge is -2.39. The Labute approximate surface area is 84.4 Å². The molecule has 0 unspecified atom stereocenters. The van der Waals surface area contributed by atoms with Crippen LogP contribution in [0.2, 0.25) is 0 Å². The Bertz CT molecular complexity index is 263. The highest BCUT2D eigenvalue weighted by molar-refractivity contribution is 5.80. The van der Waals surface area contributed by atoms with Gasteiger partial charge in [-0.05, 0) is 39.5 Å². The lowest BCUT2D eigenvalue weighted by molar-refractivity contribution is -0.151. The van der Waals surface area contributed by atoms with Crippen molar-refractivity contribution in [3.63, 3.8) is 0 Å². The summed E-state index contributed by atoms with van der Waals surface area (Å²) in [4.78, 5) is 11.8. The first-order valence-electron chi connectivity index (χ1n) is 5.37. The number of hydrogen-bond donors (Lipinski definition) is 1. The van der Waals surface area contributed by atoms with Crippen molar-refractivity contribution in [2.45, 2.75) is 45.1 Å². The first-order chi connectivity index (χ1) is 6.53. The van der Waals surface area contributed by atoms with Gasteiger partial charge in [0, 0.05) is 12.5 Å². The van der Waals surface area contributed by atoms with Crippen molar-refractivity contribution in [1.82, 2.24) is 0 Å². The van der Waals surface area contributed by atoms with Crippen molar-refractivity contribution in [3.8, 4) is 0 Å². The Kier molecular flexibility index (Phi) is 2.11. The van der Waals surface area contributed by atoms with Gasteiger partial charge in [0.1, 0.15) is 5.60 Å². The number of aliphatic hydroxyl groups excluding tert-OH is 1. The minimum atomic E-state index is -0.338. The quantitative estimate of drug-likeness (QED) is 0.684. The molecule has 1 aliphatic heterocycles. The van der Waals surface area contributed by atoms with Crippen LogP contribution in [0, 0.1) is 11.3 Å². The smallest absolute Gasteiger partial charge is 0.312 e. The molecule has 1 saturated heterocycles. The molecule has 2 aliphatic rings. The second-order valence-electron chi connectivity index (χ2n) is 5.04. The average molecular weight is 198 g/mol. The highest BCUT2D eigenvalue weighted by Crippen LogP contribution is 2.56. The van der Waals surface area contributed by atoms with E-state index in [1.165, 1.54) is 0 Å². The Hall–Kier alpha value is -0.570. The Morgan fingerprint density at radius 1 is 1.50 bits per heavy atom. The zero-order chi connectivity index (χ0) is 10.4. The summed E-state index contributed by atoms with van der Waals surface area (Å²) in [5.74, 6) is 0.136. The zero-order valence-electron chi connectivity index (χ0n) is 8.88. The lowest BCUT2D eigenvalue weighted by Crippen LogP contribution is -2.42. The Balaban J connectivity index is 2.33. The first-order valence-corrected chi connectivity index (χ1v) is 5.37. The molecule has 3 atom stereocenters. The molecule has 0 aromatic carbocycles. The molecule has 0 aromatic heterocycles. The fourth-order valence-electron chi connectivity index (χ4n) is 3.28. The van der Waals surface area contributed by atoms with Crippen LogP contribution in [0.25, 0.3) is 0 Å². The van der Waals surface area contributed by atoms with Gasteiger partial charge in [0.15, 0.2) is 0 Å². The van der Waals surface area contributed by atoms with Crippen LogP contribution in [0.15, 0.2) is 0 Å². The van der Waals surface area contributed by atoms with E-state index in [2.05, 4.69) is 0 Å².